The maximum atomic E-state index is 13.5. The number of carbonyl (C=O) groups excluding carboxylic acids is 2. The summed E-state index contributed by atoms with van der Waals surface area (Å²) >= 11 is 0. The van der Waals surface area contributed by atoms with Crippen LogP contribution >= 0.6 is 0 Å². The Morgan fingerprint density at radius 2 is 1.24 bits per heavy atom. The van der Waals surface area contributed by atoms with E-state index in [1.165, 1.54) is 9.47 Å². The molecule has 1 aromatic heterocycles. The van der Waals surface area contributed by atoms with Crippen molar-refractivity contribution in [2.45, 2.75) is 13.0 Å². The number of nitrogens with zero attached hydrogens (tertiary/aromatic N) is 3. The van der Waals surface area contributed by atoms with Crippen LogP contribution in [0.5, 0.6) is 0 Å². The minimum atomic E-state index is -0.861. The summed E-state index contributed by atoms with van der Waals surface area (Å²) < 4.78 is 1.53. The average molecular weight is 610 g/mol. The van der Waals surface area contributed by atoms with E-state index in [4.69, 9.17) is 0 Å². The third kappa shape index (κ3) is 7.16. The molecule has 0 atom stereocenters. The number of rotatable bonds is 9. The van der Waals surface area contributed by atoms with Crippen LogP contribution in [0.25, 0.3) is 16.9 Å². The van der Waals surface area contributed by atoms with E-state index < -0.39 is 23.0 Å². The lowest BCUT2D eigenvalue weighted by Gasteiger charge is -2.35. The zero-order chi connectivity index (χ0) is 31.9. The fourth-order valence-corrected chi connectivity index (χ4v) is 5.79. The van der Waals surface area contributed by atoms with Gasteiger partial charge in [0.15, 0.2) is 0 Å². The number of ketones is 1. The minimum Gasteiger partial charge on any atom is -0.507 e. The van der Waals surface area contributed by atoms with Gasteiger partial charge in [-0.1, -0.05) is 103 Å². The lowest BCUT2D eigenvalue weighted by molar-refractivity contribution is -0.142. The van der Waals surface area contributed by atoms with Gasteiger partial charge in [0.2, 0.25) is 5.78 Å². The van der Waals surface area contributed by atoms with Gasteiger partial charge in [-0.05, 0) is 52.4 Å². The monoisotopic (exact) mass is 609 g/mol. The fraction of sp³-hybridized carbons (Fsp3) is 0.154. The first-order valence-electron chi connectivity index (χ1n) is 15.4. The predicted molar refractivity (Wildman–Crippen MR) is 182 cm³/mol. The molecule has 7 heteroatoms. The Morgan fingerprint density at radius 1 is 0.674 bits per heavy atom. The molecule has 1 aliphatic heterocycles. The van der Waals surface area contributed by atoms with Crippen LogP contribution in [0.1, 0.15) is 22.3 Å². The highest BCUT2D eigenvalue weighted by molar-refractivity contribution is 6.41. The molecule has 4 aromatic carbocycles. The van der Waals surface area contributed by atoms with Crippen LogP contribution in [0, 0.1) is 0 Å². The Labute approximate surface area is 268 Å². The highest BCUT2D eigenvalue weighted by atomic mass is 16.3. The van der Waals surface area contributed by atoms with Crippen LogP contribution in [0.3, 0.4) is 0 Å². The number of carbonyl (C=O) groups is 2. The summed E-state index contributed by atoms with van der Waals surface area (Å²) in [6.45, 7) is 2.19. The molecule has 1 aliphatic rings. The van der Waals surface area contributed by atoms with Crippen molar-refractivity contribution in [2.24, 2.45) is 0 Å². The predicted octanol–water partition coefficient (Wildman–Crippen LogP) is 5.97. The molecule has 2 heterocycles. The number of aliphatic hydroxyl groups excluding tert-OH is 1. The summed E-state index contributed by atoms with van der Waals surface area (Å²) in [7, 11) is 0. The number of hydrogen-bond acceptors (Lipinski definition) is 5. The van der Waals surface area contributed by atoms with Crippen LogP contribution in [0.15, 0.2) is 138 Å². The molecule has 6 rings (SSSR count). The van der Waals surface area contributed by atoms with Crippen molar-refractivity contribution >= 4 is 23.1 Å². The smallest absolute Gasteiger partial charge is 0.294 e. The second kappa shape index (κ2) is 13.9. The van der Waals surface area contributed by atoms with Gasteiger partial charge in [0, 0.05) is 44.1 Å². The summed E-state index contributed by atoms with van der Waals surface area (Å²) in [4.78, 5) is 43.4. The zero-order valence-corrected chi connectivity index (χ0v) is 25.5. The van der Waals surface area contributed by atoms with E-state index in [9.17, 15) is 19.5 Å². The van der Waals surface area contributed by atoms with Gasteiger partial charge in [0.1, 0.15) is 5.76 Å². The van der Waals surface area contributed by atoms with Gasteiger partial charge < -0.3 is 19.5 Å². The number of hydrogen-bond donors (Lipinski definition) is 1. The Kier molecular flexibility index (Phi) is 9.20. The SMILES string of the molecule is O=C(C=C(O)c1cc(Cc2ccccc2)cn(Cc2ccccc2)c1=O)C(=O)N1CCN(c2ccc(-c3ccccc3)cc2)CC1. The van der Waals surface area contributed by atoms with Crippen LogP contribution in [-0.4, -0.2) is 52.4 Å². The average Bonchev–Trinajstić information content (AvgIpc) is 3.10. The van der Waals surface area contributed by atoms with Crippen LogP contribution < -0.4 is 10.5 Å². The molecule has 1 N–H and O–H groups in total. The van der Waals surface area contributed by atoms with Gasteiger partial charge in [-0.3, -0.25) is 14.4 Å². The molecule has 0 saturated carbocycles. The van der Waals surface area contributed by atoms with Crippen molar-refractivity contribution in [1.82, 2.24) is 9.47 Å². The van der Waals surface area contributed by atoms with Crippen molar-refractivity contribution in [1.29, 1.82) is 0 Å². The number of benzene rings is 4. The summed E-state index contributed by atoms with van der Waals surface area (Å²) in [5.74, 6) is -2.08. The normalized spacial score (nSPS) is 13.4. The van der Waals surface area contributed by atoms with Crippen molar-refractivity contribution in [3.05, 3.63) is 166 Å². The highest BCUT2D eigenvalue weighted by Crippen LogP contribution is 2.24. The molecular formula is C39H35N3O4. The molecular weight excluding hydrogens is 574 g/mol. The van der Waals surface area contributed by atoms with Crippen molar-refractivity contribution in [3.63, 3.8) is 0 Å². The molecule has 0 unspecified atom stereocenters. The molecule has 230 valence electrons. The topological polar surface area (TPSA) is 82.8 Å². The quantitative estimate of drug-likeness (QED) is 0.127. The van der Waals surface area contributed by atoms with Crippen LogP contribution in [-0.2, 0) is 22.6 Å². The van der Waals surface area contributed by atoms with E-state index in [2.05, 4.69) is 41.3 Å². The third-order valence-electron chi connectivity index (χ3n) is 8.25. The van der Waals surface area contributed by atoms with E-state index in [-0.39, 0.29) is 5.56 Å². The summed E-state index contributed by atoms with van der Waals surface area (Å²) in [5.41, 5.74) is 5.63. The Morgan fingerprint density at radius 3 is 1.87 bits per heavy atom. The van der Waals surface area contributed by atoms with Gasteiger partial charge in [-0.2, -0.15) is 0 Å². The zero-order valence-electron chi connectivity index (χ0n) is 25.5. The van der Waals surface area contributed by atoms with Gasteiger partial charge in [0.05, 0.1) is 12.1 Å². The van der Waals surface area contributed by atoms with Gasteiger partial charge in [-0.25, -0.2) is 0 Å². The number of piperazine rings is 1. The lowest BCUT2D eigenvalue weighted by atomic mass is 10.0. The molecule has 0 radical (unpaired) electrons. The molecule has 1 fully saturated rings. The Balaban J connectivity index is 1.15. The minimum absolute atomic E-state index is 0.0192. The summed E-state index contributed by atoms with van der Waals surface area (Å²) in [5, 5.41) is 11.0. The van der Waals surface area contributed by atoms with Gasteiger partial charge in [0.25, 0.3) is 11.5 Å². The van der Waals surface area contributed by atoms with Crippen molar-refractivity contribution < 1.29 is 14.7 Å². The number of pyridine rings is 1. The van der Waals surface area contributed by atoms with Gasteiger partial charge >= 0.3 is 0 Å². The molecule has 0 aliphatic carbocycles. The lowest BCUT2D eigenvalue weighted by Crippen LogP contribution is -2.50. The fourth-order valence-electron chi connectivity index (χ4n) is 5.79. The summed E-state index contributed by atoms with van der Waals surface area (Å²) in [6, 6.07) is 39.4. The van der Waals surface area contributed by atoms with Crippen molar-refractivity contribution in [2.75, 3.05) is 31.1 Å². The third-order valence-corrected chi connectivity index (χ3v) is 8.25. The number of aliphatic hydroxyl groups is 1. The van der Waals surface area contributed by atoms with Crippen molar-refractivity contribution in [3.8, 4) is 11.1 Å². The number of anilines is 1. The molecule has 0 bridgehead atoms. The summed E-state index contributed by atoms with van der Waals surface area (Å²) in [6.07, 6.45) is 3.19. The molecule has 46 heavy (non-hydrogen) atoms. The molecule has 1 saturated heterocycles. The number of aromatic nitrogens is 1. The first kappa shape index (κ1) is 30.3. The van der Waals surface area contributed by atoms with Crippen LogP contribution in [0.4, 0.5) is 5.69 Å². The van der Waals surface area contributed by atoms with Gasteiger partial charge in [-0.15, -0.1) is 0 Å². The number of amides is 1. The Bertz CT molecular complexity index is 1890. The maximum Gasteiger partial charge on any atom is 0.294 e. The first-order valence-corrected chi connectivity index (χ1v) is 15.4. The van der Waals surface area contributed by atoms with E-state index in [0.29, 0.717) is 39.1 Å². The first-order chi connectivity index (χ1) is 22.4. The van der Waals surface area contributed by atoms with E-state index in [1.54, 1.807) is 12.3 Å². The largest absolute Gasteiger partial charge is 0.507 e. The standard InChI is InChI=1S/C39H35N3O4/c43-36(35-25-31(24-29-10-4-1-5-11-29)28-42(38(35)45)27-30-12-6-2-7-13-30)26-37(44)39(46)41-22-20-40(21-23-41)34-18-16-33(17-19-34)32-14-8-3-9-15-32/h1-19,25-26,28,43H,20-24,27H2. The molecule has 0 spiro atoms. The molecule has 1 amide bonds. The van der Waals surface area contributed by atoms with E-state index in [1.807, 2.05) is 78.9 Å². The highest BCUT2D eigenvalue weighted by Gasteiger charge is 2.26. The second-order valence-corrected chi connectivity index (χ2v) is 11.4. The van der Waals surface area contributed by atoms with E-state index >= 15 is 0 Å². The van der Waals surface area contributed by atoms with E-state index in [0.717, 1.165) is 39.6 Å². The molecule has 7 nitrogen and oxygen atoms in total. The molecule has 5 aromatic rings. The Hall–Kier alpha value is -5.69. The van der Waals surface area contributed by atoms with Crippen LogP contribution in [0.2, 0.25) is 0 Å². The second-order valence-electron chi connectivity index (χ2n) is 11.4. The maximum absolute atomic E-state index is 13.5.